The Morgan fingerprint density at radius 1 is 1.47 bits per heavy atom. The number of likely N-dealkylation sites (tertiary alicyclic amines) is 1. The minimum absolute atomic E-state index is 0.361. The molecule has 3 N–H and O–H groups in total. The molecule has 2 aliphatic rings. The van der Waals surface area contributed by atoms with Crippen LogP contribution in [0.2, 0.25) is 0 Å². The van der Waals surface area contributed by atoms with Gasteiger partial charge in [0.2, 0.25) is 0 Å². The van der Waals surface area contributed by atoms with Gasteiger partial charge in [-0.25, -0.2) is 0 Å². The molecule has 0 amide bonds. The summed E-state index contributed by atoms with van der Waals surface area (Å²) in [5.74, 6) is 0.365. The average molecular weight is 238 g/mol. The van der Waals surface area contributed by atoms with E-state index < -0.39 is 0 Å². The number of nitrogens with two attached hydrogens (primary N) is 1. The maximum absolute atomic E-state index is 7.47. The standard InChI is InChI=1S/C13H26N4/c1-16(2)11-4-3-7-17(9-11)10-13(5-6-13)8-12(14)15/h11H,3-10H2,1-2H3,(H3,14,15). The van der Waals surface area contributed by atoms with E-state index in [0.717, 1.165) is 13.0 Å². The summed E-state index contributed by atoms with van der Waals surface area (Å²) in [6.45, 7) is 3.56. The first-order valence-electron chi connectivity index (χ1n) is 6.72. The molecule has 0 aromatic carbocycles. The highest BCUT2D eigenvalue weighted by Gasteiger charge is 2.44. The smallest absolute Gasteiger partial charge is 0.0911 e. The number of hydrogen-bond donors (Lipinski definition) is 2. The predicted octanol–water partition coefficient (Wildman–Crippen LogP) is 1.12. The zero-order valence-electron chi connectivity index (χ0n) is 11.2. The summed E-state index contributed by atoms with van der Waals surface area (Å²) in [6, 6.07) is 0.705. The van der Waals surface area contributed by atoms with Gasteiger partial charge in [-0.05, 0) is 51.7 Å². The normalized spacial score (nSPS) is 28.3. The molecule has 1 atom stereocenters. The van der Waals surface area contributed by atoms with Gasteiger partial charge >= 0.3 is 0 Å². The van der Waals surface area contributed by atoms with Gasteiger partial charge in [0.15, 0.2) is 0 Å². The number of hydrogen-bond acceptors (Lipinski definition) is 3. The summed E-state index contributed by atoms with van der Waals surface area (Å²) in [6.07, 6.45) is 5.95. The van der Waals surface area contributed by atoms with Crippen molar-refractivity contribution in [2.45, 2.75) is 38.1 Å². The third kappa shape index (κ3) is 3.42. The van der Waals surface area contributed by atoms with Crippen LogP contribution < -0.4 is 5.73 Å². The van der Waals surface area contributed by atoms with Crippen LogP contribution in [0.4, 0.5) is 0 Å². The molecule has 1 saturated carbocycles. The highest BCUT2D eigenvalue weighted by molar-refractivity contribution is 5.78. The van der Waals surface area contributed by atoms with Crippen molar-refractivity contribution in [3.05, 3.63) is 0 Å². The molecule has 98 valence electrons. The summed E-state index contributed by atoms with van der Waals surface area (Å²) in [5.41, 5.74) is 5.92. The van der Waals surface area contributed by atoms with Crippen molar-refractivity contribution >= 4 is 5.84 Å². The van der Waals surface area contributed by atoms with E-state index in [1.807, 2.05) is 0 Å². The van der Waals surface area contributed by atoms with Crippen LogP contribution in [-0.4, -0.2) is 55.4 Å². The maximum Gasteiger partial charge on any atom is 0.0911 e. The van der Waals surface area contributed by atoms with Crippen molar-refractivity contribution in [1.29, 1.82) is 5.41 Å². The van der Waals surface area contributed by atoms with Gasteiger partial charge in [0.25, 0.3) is 0 Å². The second kappa shape index (κ2) is 4.94. The molecule has 1 aliphatic heterocycles. The van der Waals surface area contributed by atoms with E-state index in [-0.39, 0.29) is 0 Å². The zero-order chi connectivity index (χ0) is 12.5. The van der Waals surface area contributed by atoms with Gasteiger partial charge in [-0.2, -0.15) is 0 Å². The molecule has 0 aromatic heterocycles. The van der Waals surface area contributed by atoms with E-state index in [9.17, 15) is 0 Å². The highest BCUT2D eigenvalue weighted by atomic mass is 15.2. The molecule has 1 unspecified atom stereocenters. The van der Waals surface area contributed by atoms with Crippen LogP contribution >= 0.6 is 0 Å². The largest absolute Gasteiger partial charge is 0.388 e. The lowest BCUT2D eigenvalue weighted by molar-refractivity contribution is 0.114. The molecule has 0 spiro atoms. The Hall–Kier alpha value is -0.610. The number of nitrogens with zero attached hydrogens (tertiary/aromatic N) is 2. The molecule has 1 aliphatic carbocycles. The fourth-order valence-corrected chi connectivity index (χ4v) is 3.04. The van der Waals surface area contributed by atoms with Gasteiger partial charge in [-0.15, -0.1) is 0 Å². The van der Waals surface area contributed by atoms with Gasteiger partial charge in [-0.3, -0.25) is 5.41 Å². The average Bonchev–Trinajstić information content (AvgIpc) is 2.96. The molecular formula is C13H26N4. The number of likely N-dealkylation sites (N-methyl/N-ethyl adjacent to an activating group) is 1. The van der Waals surface area contributed by atoms with Crippen LogP contribution in [-0.2, 0) is 0 Å². The second-order valence-electron chi connectivity index (χ2n) is 6.20. The minimum Gasteiger partial charge on any atom is -0.388 e. The lowest BCUT2D eigenvalue weighted by Crippen LogP contribution is -2.47. The molecular weight excluding hydrogens is 212 g/mol. The summed E-state index contributed by atoms with van der Waals surface area (Å²) < 4.78 is 0. The number of rotatable bonds is 5. The molecule has 17 heavy (non-hydrogen) atoms. The van der Waals surface area contributed by atoms with Crippen molar-refractivity contribution in [1.82, 2.24) is 9.80 Å². The molecule has 0 aromatic rings. The SMILES string of the molecule is CN(C)C1CCCN(CC2(CC(=N)N)CC2)C1. The Morgan fingerprint density at radius 3 is 2.71 bits per heavy atom. The number of piperidine rings is 1. The molecule has 0 bridgehead atoms. The maximum atomic E-state index is 7.47. The van der Waals surface area contributed by atoms with Gasteiger partial charge < -0.3 is 15.5 Å². The molecule has 0 radical (unpaired) electrons. The van der Waals surface area contributed by atoms with E-state index in [2.05, 4.69) is 23.9 Å². The van der Waals surface area contributed by atoms with Crippen LogP contribution in [0, 0.1) is 10.8 Å². The third-order valence-electron chi connectivity index (χ3n) is 4.29. The first kappa shape index (κ1) is 12.8. The Labute approximate surface area is 105 Å². The van der Waals surface area contributed by atoms with E-state index in [1.165, 1.54) is 38.8 Å². The molecule has 2 rings (SSSR count). The fourth-order valence-electron chi connectivity index (χ4n) is 3.04. The summed E-state index contributed by atoms with van der Waals surface area (Å²) in [5, 5.41) is 7.47. The topological polar surface area (TPSA) is 56.4 Å². The molecule has 4 nitrogen and oxygen atoms in total. The molecule has 1 saturated heterocycles. The number of amidine groups is 1. The Balaban J connectivity index is 1.84. The van der Waals surface area contributed by atoms with E-state index >= 15 is 0 Å². The quantitative estimate of drug-likeness (QED) is 0.557. The van der Waals surface area contributed by atoms with Crippen molar-refractivity contribution in [3.8, 4) is 0 Å². The summed E-state index contributed by atoms with van der Waals surface area (Å²) >= 11 is 0. The van der Waals surface area contributed by atoms with E-state index in [1.54, 1.807) is 0 Å². The second-order valence-corrected chi connectivity index (χ2v) is 6.20. The molecule has 1 heterocycles. The van der Waals surface area contributed by atoms with Crippen molar-refractivity contribution in [3.63, 3.8) is 0 Å². The Kier molecular flexibility index (Phi) is 3.73. The zero-order valence-corrected chi connectivity index (χ0v) is 11.2. The predicted molar refractivity (Wildman–Crippen MR) is 71.3 cm³/mol. The molecule has 4 heteroatoms. The van der Waals surface area contributed by atoms with Crippen molar-refractivity contribution in [2.24, 2.45) is 11.1 Å². The molecule has 2 fully saturated rings. The van der Waals surface area contributed by atoms with Crippen molar-refractivity contribution < 1.29 is 0 Å². The van der Waals surface area contributed by atoms with Crippen molar-refractivity contribution in [2.75, 3.05) is 33.7 Å². The number of nitrogens with one attached hydrogen (secondary N) is 1. The summed E-state index contributed by atoms with van der Waals surface area (Å²) in [7, 11) is 4.35. The monoisotopic (exact) mass is 238 g/mol. The van der Waals surface area contributed by atoms with Gasteiger partial charge in [0, 0.05) is 25.6 Å². The first-order valence-corrected chi connectivity index (χ1v) is 6.72. The lowest BCUT2D eigenvalue weighted by Gasteiger charge is -2.37. The van der Waals surface area contributed by atoms with Crippen LogP contribution in [0.1, 0.15) is 32.1 Å². The summed E-state index contributed by atoms with van der Waals surface area (Å²) in [4.78, 5) is 4.93. The first-order chi connectivity index (χ1) is 8.01. The Morgan fingerprint density at radius 2 is 2.18 bits per heavy atom. The lowest BCUT2D eigenvalue weighted by atomic mass is 9.98. The van der Waals surface area contributed by atoms with Crippen LogP contribution in [0.3, 0.4) is 0 Å². The fraction of sp³-hybridized carbons (Fsp3) is 0.923. The van der Waals surface area contributed by atoms with E-state index in [4.69, 9.17) is 11.1 Å². The van der Waals surface area contributed by atoms with Crippen LogP contribution in [0.5, 0.6) is 0 Å². The highest BCUT2D eigenvalue weighted by Crippen LogP contribution is 2.49. The van der Waals surface area contributed by atoms with Gasteiger partial charge in [0.05, 0.1) is 5.84 Å². The van der Waals surface area contributed by atoms with Crippen LogP contribution in [0.25, 0.3) is 0 Å². The van der Waals surface area contributed by atoms with Gasteiger partial charge in [-0.1, -0.05) is 0 Å². The third-order valence-corrected chi connectivity index (χ3v) is 4.29. The van der Waals surface area contributed by atoms with Gasteiger partial charge in [0.1, 0.15) is 0 Å². The van der Waals surface area contributed by atoms with E-state index in [0.29, 0.717) is 17.3 Å². The Bertz CT molecular complexity index is 283. The minimum atomic E-state index is 0.361. The van der Waals surface area contributed by atoms with Crippen LogP contribution in [0.15, 0.2) is 0 Å².